The third-order valence-corrected chi connectivity index (χ3v) is 4.84. The van der Waals surface area contributed by atoms with Gasteiger partial charge in [0.2, 0.25) is 5.89 Å². The number of ether oxygens (including phenoxy) is 1. The molecule has 3 aromatic rings. The Morgan fingerprint density at radius 3 is 2.46 bits per heavy atom. The molecule has 5 nitrogen and oxygen atoms in total. The van der Waals surface area contributed by atoms with Crippen LogP contribution in [0.15, 0.2) is 53.1 Å². The summed E-state index contributed by atoms with van der Waals surface area (Å²) in [6.07, 6.45) is 1.89. The van der Waals surface area contributed by atoms with Crippen molar-refractivity contribution in [2.75, 3.05) is 13.1 Å². The molecule has 146 valence electrons. The molecule has 2 aromatic carbocycles. The molecule has 0 unspecified atom stereocenters. The van der Waals surface area contributed by atoms with Gasteiger partial charge in [0.05, 0.1) is 6.54 Å². The third-order valence-electron chi connectivity index (χ3n) is 4.84. The number of para-hydroxylation sites is 1. The lowest BCUT2D eigenvalue weighted by atomic mass is 10.1. The first-order valence-electron chi connectivity index (χ1n) is 9.36. The Morgan fingerprint density at radius 1 is 1.00 bits per heavy atom. The zero-order chi connectivity index (χ0) is 19.3. The largest absolute Gasteiger partial charge is 0.487 e. The van der Waals surface area contributed by atoms with Crippen molar-refractivity contribution in [3.63, 3.8) is 0 Å². The van der Waals surface area contributed by atoms with E-state index in [0.717, 1.165) is 25.9 Å². The number of benzene rings is 2. The number of hydrogen-bond acceptors (Lipinski definition) is 5. The highest BCUT2D eigenvalue weighted by molar-refractivity contribution is 5.24. The lowest BCUT2D eigenvalue weighted by molar-refractivity contribution is 0.0875. The first-order chi connectivity index (χ1) is 13.7. The van der Waals surface area contributed by atoms with Crippen LogP contribution in [0, 0.1) is 11.6 Å². The molecule has 0 N–H and O–H groups in total. The number of aromatic nitrogens is 2. The first-order valence-corrected chi connectivity index (χ1v) is 9.36. The second-order valence-corrected chi connectivity index (χ2v) is 6.90. The second kappa shape index (κ2) is 8.48. The molecule has 1 aromatic heterocycles. The van der Waals surface area contributed by atoms with Crippen molar-refractivity contribution in [2.24, 2.45) is 0 Å². The number of nitrogens with zero attached hydrogens (tertiary/aromatic N) is 3. The minimum absolute atomic E-state index is 0.00699. The van der Waals surface area contributed by atoms with Crippen LogP contribution in [0.2, 0.25) is 0 Å². The van der Waals surface area contributed by atoms with E-state index in [1.54, 1.807) is 36.4 Å². The van der Waals surface area contributed by atoms with E-state index < -0.39 is 0 Å². The minimum Gasteiger partial charge on any atom is -0.487 e. The van der Waals surface area contributed by atoms with Crippen LogP contribution in [-0.2, 0) is 13.0 Å². The van der Waals surface area contributed by atoms with Gasteiger partial charge in [0.15, 0.2) is 17.4 Å². The molecule has 0 saturated carbocycles. The summed E-state index contributed by atoms with van der Waals surface area (Å²) in [5.41, 5.74) is 0.543. The van der Waals surface area contributed by atoms with E-state index in [0.29, 0.717) is 36.0 Å². The van der Waals surface area contributed by atoms with Gasteiger partial charge in [0.1, 0.15) is 11.9 Å². The molecule has 1 aliphatic rings. The van der Waals surface area contributed by atoms with Crippen molar-refractivity contribution in [3.05, 3.63) is 77.4 Å². The topological polar surface area (TPSA) is 51.4 Å². The number of likely N-dealkylation sites (tertiary alicyclic amines) is 1. The highest BCUT2D eigenvalue weighted by Gasteiger charge is 2.23. The van der Waals surface area contributed by atoms with E-state index in [-0.39, 0.29) is 17.7 Å². The molecule has 2 heterocycles. The minimum atomic E-state index is -0.335. The normalized spacial score (nSPS) is 15.6. The molecule has 0 radical (unpaired) electrons. The Hall–Kier alpha value is -2.80. The van der Waals surface area contributed by atoms with Crippen LogP contribution in [-0.4, -0.2) is 34.2 Å². The molecule has 0 spiro atoms. The summed E-state index contributed by atoms with van der Waals surface area (Å²) in [5, 5.41) is 3.95. The van der Waals surface area contributed by atoms with Crippen molar-refractivity contribution in [1.29, 1.82) is 0 Å². The molecule has 1 saturated heterocycles. The molecule has 1 aliphatic heterocycles. The van der Waals surface area contributed by atoms with E-state index in [9.17, 15) is 8.78 Å². The molecule has 7 heteroatoms. The summed E-state index contributed by atoms with van der Waals surface area (Å²) in [6, 6.07) is 13.0. The van der Waals surface area contributed by atoms with Crippen molar-refractivity contribution in [3.8, 4) is 5.75 Å². The van der Waals surface area contributed by atoms with E-state index in [1.165, 1.54) is 12.1 Å². The molecular weight excluding hydrogens is 364 g/mol. The highest BCUT2D eigenvalue weighted by Crippen LogP contribution is 2.22. The molecule has 28 heavy (non-hydrogen) atoms. The van der Waals surface area contributed by atoms with Crippen molar-refractivity contribution < 1.29 is 18.0 Å². The van der Waals surface area contributed by atoms with Crippen LogP contribution in [0.3, 0.4) is 0 Å². The van der Waals surface area contributed by atoms with Crippen LogP contribution in [0.1, 0.15) is 30.1 Å². The van der Waals surface area contributed by atoms with Gasteiger partial charge in [0, 0.05) is 19.5 Å². The van der Waals surface area contributed by atoms with E-state index in [1.807, 2.05) is 0 Å². The Balaban J connectivity index is 1.28. The molecule has 0 amide bonds. The summed E-state index contributed by atoms with van der Waals surface area (Å²) in [4.78, 5) is 6.57. The average molecular weight is 385 g/mol. The smallest absolute Gasteiger partial charge is 0.240 e. The summed E-state index contributed by atoms with van der Waals surface area (Å²) in [5.74, 6) is 0.678. The third kappa shape index (κ3) is 4.54. The molecule has 1 fully saturated rings. The van der Waals surface area contributed by atoms with Gasteiger partial charge in [-0.1, -0.05) is 35.5 Å². The number of rotatable bonds is 6. The van der Waals surface area contributed by atoms with Crippen LogP contribution in [0.5, 0.6) is 5.75 Å². The maximum atomic E-state index is 13.7. The standard InChI is InChI=1S/C21H21F2N3O2/c22-17-6-2-1-5-15(17)13-20-24-21(28-25-20)14-26-11-9-16(10-12-26)27-19-8-4-3-7-18(19)23/h1-8,16H,9-14H2. The molecular formula is C21H21F2N3O2. The first kappa shape index (κ1) is 18.6. The fourth-order valence-corrected chi connectivity index (χ4v) is 3.33. The fraction of sp³-hybridized carbons (Fsp3) is 0.333. The zero-order valence-corrected chi connectivity index (χ0v) is 15.4. The van der Waals surface area contributed by atoms with Gasteiger partial charge in [-0.3, -0.25) is 4.90 Å². The number of piperidine rings is 1. The van der Waals surface area contributed by atoms with Gasteiger partial charge >= 0.3 is 0 Å². The quantitative estimate of drug-likeness (QED) is 0.642. The maximum Gasteiger partial charge on any atom is 0.240 e. The van der Waals surface area contributed by atoms with Crippen LogP contribution < -0.4 is 4.74 Å². The molecule has 4 rings (SSSR count). The Morgan fingerprint density at radius 2 is 1.71 bits per heavy atom. The van der Waals surface area contributed by atoms with Crippen molar-refractivity contribution in [2.45, 2.75) is 31.9 Å². The van der Waals surface area contributed by atoms with Crippen LogP contribution in [0.25, 0.3) is 0 Å². The average Bonchev–Trinajstić information content (AvgIpc) is 3.14. The van der Waals surface area contributed by atoms with Crippen LogP contribution in [0.4, 0.5) is 8.78 Å². The van der Waals surface area contributed by atoms with Crippen molar-refractivity contribution >= 4 is 0 Å². The van der Waals surface area contributed by atoms with Crippen molar-refractivity contribution in [1.82, 2.24) is 15.0 Å². The summed E-state index contributed by atoms with van der Waals surface area (Å²) in [6.45, 7) is 2.13. The lowest BCUT2D eigenvalue weighted by Crippen LogP contribution is -2.38. The monoisotopic (exact) mass is 385 g/mol. The van der Waals surface area contributed by atoms with Crippen LogP contribution >= 0.6 is 0 Å². The highest BCUT2D eigenvalue weighted by atomic mass is 19.1. The Labute approximate surface area is 161 Å². The maximum absolute atomic E-state index is 13.7. The van der Waals surface area contributed by atoms with Gasteiger partial charge in [-0.2, -0.15) is 4.98 Å². The van der Waals surface area contributed by atoms with Gasteiger partial charge in [-0.25, -0.2) is 8.78 Å². The second-order valence-electron chi connectivity index (χ2n) is 6.90. The van der Waals surface area contributed by atoms with E-state index >= 15 is 0 Å². The molecule has 0 bridgehead atoms. The zero-order valence-electron chi connectivity index (χ0n) is 15.4. The fourth-order valence-electron chi connectivity index (χ4n) is 3.33. The summed E-state index contributed by atoms with van der Waals surface area (Å²) < 4.78 is 38.5. The van der Waals surface area contributed by atoms with E-state index in [2.05, 4.69) is 15.0 Å². The van der Waals surface area contributed by atoms with Gasteiger partial charge in [-0.05, 0) is 36.6 Å². The Bertz CT molecular complexity index is 923. The number of hydrogen-bond donors (Lipinski definition) is 0. The molecule has 0 atom stereocenters. The summed E-state index contributed by atoms with van der Waals surface area (Å²) >= 11 is 0. The van der Waals surface area contributed by atoms with E-state index in [4.69, 9.17) is 9.26 Å². The predicted molar refractivity (Wildman–Crippen MR) is 98.8 cm³/mol. The predicted octanol–water partition coefficient (Wildman–Crippen LogP) is 3.98. The summed E-state index contributed by atoms with van der Waals surface area (Å²) in [7, 11) is 0. The molecule has 0 aliphatic carbocycles. The lowest BCUT2D eigenvalue weighted by Gasteiger charge is -2.31. The number of halogens is 2. The van der Waals surface area contributed by atoms with Gasteiger partial charge < -0.3 is 9.26 Å². The SMILES string of the molecule is Fc1ccccc1Cc1noc(CN2CCC(Oc3ccccc3F)CC2)n1. The Kier molecular flexibility index (Phi) is 5.62. The van der Waals surface area contributed by atoms with Gasteiger partial charge in [-0.15, -0.1) is 0 Å². The van der Waals surface area contributed by atoms with Gasteiger partial charge in [0.25, 0.3) is 0 Å².